The molecule has 1 atom stereocenters. The molecule has 130 valence electrons. The van der Waals surface area contributed by atoms with E-state index in [4.69, 9.17) is 4.74 Å². The van der Waals surface area contributed by atoms with Crippen LogP contribution in [0.5, 0.6) is 0 Å². The number of hydrogen-bond acceptors (Lipinski definition) is 4. The normalized spacial score (nSPS) is 11.3. The van der Waals surface area contributed by atoms with Crippen LogP contribution in [0, 0.1) is 5.82 Å². The zero-order chi connectivity index (χ0) is 18.4. The Labute approximate surface area is 144 Å². The summed E-state index contributed by atoms with van der Waals surface area (Å²) in [6.07, 6.45) is -1.11. The van der Waals surface area contributed by atoms with E-state index in [1.165, 1.54) is 32.0 Å². The highest BCUT2D eigenvalue weighted by Gasteiger charge is 2.21. The second-order valence-electron chi connectivity index (χ2n) is 5.28. The minimum absolute atomic E-state index is 0.203. The topological polar surface area (TPSA) is 84.5 Å². The van der Waals surface area contributed by atoms with Gasteiger partial charge in [-0.25, -0.2) is 9.18 Å². The molecule has 0 bridgehead atoms. The van der Waals surface area contributed by atoms with E-state index in [1.54, 1.807) is 24.3 Å². The van der Waals surface area contributed by atoms with Crippen LogP contribution < -0.4 is 10.6 Å². The van der Waals surface area contributed by atoms with E-state index in [-0.39, 0.29) is 11.5 Å². The lowest BCUT2D eigenvalue weighted by atomic mass is 10.2. The van der Waals surface area contributed by atoms with Crippen molar-refractivity contribution in [3.8, 4) is 0 Å². The molecule has 6 nitrogen and oxygen atoms in total. The zero-order valence-electron chi connectivity index (χ0n) is 13.7. The molecule has 2 N–H and O–H groups in total. The molecule has 2 rings (SSSR count). The van der Waals surface area contributed by atoms with Crippen LogP contribution in [-0.4, -0.2) is 23.9 Å². The molecule has 0 spiro atoms. The molecule has 0 aliphatic heterocycles. The van der Waals surface area contributed by atoms with E-state index < -0.39 is 23.8 Å². The number of hydrogen-bond donors (Lipinski definition) is 2. The largest absolute Gasteiger partial charge is 0.449 e. The van der Waals surface area contributed by atoms with Crippen LogP contribution in [0.4, 0.5) is 15.8 Å². The molecule has 0 unspecified atom stereocenters. The van der Waals surface area contributed by atoms with Crippen LogP contribution in [0.15, 0.2) is 48.5 Å². The third-order valence-electron chi connectivity index (χ3n) is 3.22. The van der Waals surface area contributed by atoms with Crippen molar-refractivity contribution < 1.29 is 23.5 Å². The SMILES string of the molecule is CC(=O)Nc1ccc(NC(=O)[C@@H](C)OC(=O)c2ccccc2F)cc1. The van der Waals surface area contributed by atoms with Gasteiger partial charge in [-0.2, -0.15) is 0 Å². The Hall–Kier alpha value is -3.22. The van der Waals surface area contributed by atoms with Crippen molar-refractivity contribution in [3.63, 3.8) is 0 Å². The van der Waals surface area contributed by atoms with Gasteiger partial charge in [-0.1, -0.05) is 12.1 Å². The van der Waals surface area contributed by atoms with Crippen molar-refractivity contribution in [3.05, 3.63) is 59.9 Å². The maximum atomic E-state index is 13.5. The van der Waals surface area contributed by atoms with Crippen LogP contribution in [0.25, 0.3) is 0 Å². The number of nitrogens with one attached hydrogen (secondary N) is 2. The maximum Gasteiger partial charge on any atom is 0.341 e. The molecule has 2 amide bonds. The van der Waals surface area contributed by atoms with Gasteiger partial charge in [0.15, 0.2) is 6.10 Å². The van der Waals surface area contributed by atoms with Crippen molar-refractivity contribution in [2.75, 3.05) is 10.6 Å². The van der Waals surface area contributed by atoms with E-state index in [0.29, 0.717) is 11.4 Å². The highest BCUT2D eigenvalue weighted by Crippen LogP contribution is 2.15. The molecule has 0 fully saturated rings. The van der Waals surface area contributed by atoms with Gasteiger partial charge in [-0.05, 0) is 43.3 Å². The number of carbonyl (C=O) groups is 3. The second kappa shape index (κ2) is 8.05. The molecule has 0 aromatic heterocycles. The molecule has 0 heterocycles. The molecule has 7 heteroatoms. The first-order valence-electron chi connectivity index (χ1n) is 7.51. The predicted octanol–water partition coefficient (Wildman–Crippen LogP) is 2.97. The van der Waals surface area contributed by atoms with E-state index >= 15 is 0 Å². The number of halogens is 1. The third-order valence-corrected chi connectivity index (χ3v) is 3.22. The van der Waals surface area contributed by atoms with Crippen LogP contribution >= 0.6 is 0 Å². The first kappa shape index (κ1) is 18.1. The lowest BCUT2D eigenvalue weighted by Gasteiger charge is -2.14. The molecule has 2 aromatic carbocycles. The summed E-state index contributed by atoms with van der Waals surface area (Å²) in [6, 6.07) is 11.8. The Bertz CT molecular complexity index is 790. The van der Waals surface area contributed by atoms with Crippen LogP contribution in [0.2, 0.25) is 0 Å². The van der Waals surface area contributed by atoms with E-state index in [2.05, 4.69) is 10.6 Å². The van der Waals surface area contributed by atoms with Gasteiger partial charge in [-0.3, -0.25) is 9.59 Å². The molecule has 0 aliphatic carbocycles. The van der Waals surface area contributed by atoms with Gasteiger partial charge < -0.3 is 15.4 Å². The van der Waals surface area contributed by atoms with E-state index in [1.807, 2.05) is 0 Å². The van der Waals surface area contributed by atoms with Crippen molar-refractivity contribution in [1.29, 1.82) is 0 Å². The third kappa shape index (κ3) is 5.13. The number of anilines is 2. The molecule has 0 aliphatic rings. The summed E-state index contributed by atoms with van der Waals surface area (Å²) < 4.78 is 18.5. The Balaban J connectivity index is 1.95. The summed E-state index contributed by atoms with van der Waals surface area (Å²) in [5.41, 5.74) is 0.819. The second-order valence-corrected chi connectivity index (χ2v) is 5.28. The van der Waals surface area contributed by atoms with Crippen LogP contribution in [0.3, 0.4) is 0 Å². The first-order chi connectivity index (χ1) is 11.9. The van der Waals surface area contributed by atoms with Gasteiger partial charge in [0.05, 0.1) is 5.56 Å². The Morgan fingerprint density at radius 2 is 1.52 bits per heavy atom. The van der Waals surface area contributed by atoms with Crippen molar-refractivity contribution in [1.82, 2.24) is 0 Å². The highest BCUT2D eigenvalue weighted by atomic mass is 19.1. The minimum Gasteiger partial charge on any atom is -0.449 e. The summed E-state index contributed by atoms with van der Waals surface area (Å²) in [5, 5.41) is 5.17. The van der Waals surface area contributed by atoms with E-state index in [0.717, 1.165) is 6.07 Å². The molecule has 2 aromatic rings. The monoisotopic (exact) mass is 344 g/mol. The molecular weight excluding hydrogens is 327 g/mol. The standard InChI is InChI=1S/C18H17FN2O4/c1-11(25-18(24)15-5-3-4-6-16(15)19)17(23)21-14-9-7-13(8-10-14)20-12(2)22/h3-11H,1-2H3,(H,20,22)(H,21,23)/t11-/m1/s1. The fraction of sp³-hybridized carbons (Fsp3) is 0.167. The molecule has 0 radical (unpaired) electrons. The molecule has 0 saturated carbocycles. The lowest BCUT2D eigenvalue weighted by molar-refractivity contribution is -0.123. The first-order valence-corrected chi connectivity index (χ1v) is 7.51. The van der Waals surface area contributed by atoms with Gasteiger partial charge in [0, 0.05) is 18.3 Å². The fourth-order valence-corrected chi connectivity index (χ4v) is 1.99. The van der Waals surface area contributed by atoms with E-state index in [9.17, 15) is 18.8 Å². The summed E-state index contributed by atoms with van der Waals surface area (Å²) in [7, 11) is 0. The van der Waals surface area contributed by atoms with Crippen LogP contribution in [0.1, 0.15) is 24.2 Å². The quantitative estimate of drug-likeness (QED) is 0.817. The highest BCUT2D eigenvalue weighted by molar-refractivity contribution is 5.97. The number of benzene rings is 2. The zero-order valence-corrected chi connectivity index (χ0v) is 13.7. The van der Waals surface area contributed by atoms with Gasteiger partial charge in [0.25, 0.3) is 5.91 Å². The predicted molar refractivity (Wildman–Crippen MR) is 90.7 cm³/mol. The minimum atomic E-state index is -1.11. The van der Waals surface area contributed by atoms with Gasteiger partial charge in [0.1, 0.15) is 5.82 Å². The average Bonchev–Trinajstić information content (AvgIpc) is 2.56. The summed E-state index contributed by atoms with van der Waals surface area (Å²) >= 11 is 0. The number of carbonyl (C=O) groups excluding carboxylic acids is 3. The van der Waals surface area contributed by atoms with Gasteiger partial charge >= 0.3 is 5.97 Å². The van der Waals surface area contributed by atoms with Crippen molar-refractivity contribution in [2.24, 2.45) is 0 Å². The molecule has 0 saturated heterocycles. The Morgan fingerprint density at radius 3 is 2.08 bits per heavy atom. The van der Waals surface area contributed by atoms with Crippen molar-refractivity contribution in [2.45, 2.75) is 20.0 Å². The van der Waals surface area contributed by atoms with Crippen molar-refractivity contribution >= 4 is 29.2 Å². The Morgan fingerprint density at radius 1 is 0.960 bits per heavy atom. The number of esters is 1. The van der Waals surface area contributed by atoms with Gasteiger partial charge in [-0.15, -0.1) is 0 Å². The maximum absolute atomic E-state index is 13.5. The Kier molecular flexibility index (Phi) is 5.84. The fourth-order valence-electron chi connectivity index (χ4n) is 1.99. The number of ether oxygens (including phenoxy) is 1. The smallest absolute Gasteiger partial charge is 0.341 e. The van der Waals surface area contributed by atoms with Crippen LogP contribution in [-0.2, 0) is 14.3 Å². The number of amides is 2. The summed E-state index contributed by atoms with van der Waals surface area (Å²) in [6.45, 7) is 2.78. The summed E-state index contributed by atoms with van der Waals surface area (Å²) in [4.78, 5) is 34.9. The molecular formula is C18H17FN2O4. The molecule has 25 heavy (non-hydrogen) atoms. The number of rotatable bonds is 5. The lowest BCUT2D eigenvalue weighted by Crippen LogP contribution is -2.30. The van der Waals surface area contributed by atoms with Gasteiger partial charge in [0.2, 0.25) is 5.91 Å². The average molecular weight is 344 g/mol. The summed E-state index contributed by atoms with van der Waals surface area (Å²) in [5.74, 6) is -2.39.